The Morgan fingerprint density at radius 3 is 2.70 bits per heavy atom. The average Bonchev–Trinajstić information content (AvgIpc) is 3.19. The molecule has 2 aromatic carbocycles. The van der Waals surface area contributed by atoms with Crippen LogP contribution in [0.25, 0.3) is 0 Å². The molecule has 3 rings (SSSR count). The Morgan fingerprint density at radius 2 is 1.93 bits per heavy atom. The van der Waals surface area contributed by atoms with Gasteiger partial charge in [-0.25, -0.2) is 0 Å². The van der Waals surface area contributed by atoms with Gasteiger partial charge in [-0.05, 0) is 30.7 Å². The predicted octanol–water partition coefficient (Wildman–Crippen LogP) is 2.52. The van der Waals surface area contributed by atoms with E-state index < -0.39 is 0 Å². The zero-order valence-electron chi connectivity index (χ0n) is 16.0. The van der Waals surface area contributed by atoms with E-state index in [1.165, 1.54) is 0 Å². The fourth-order valence-electron chi connectivity index (χ4n) is 3.23. The molecule has 1 atom stereocenters. The predicted molar refractivity (Wildman–Crippen MR) is 110 cm³/mol. The van der Waals surface area contributed by atoms with Gasteiger partial charge >= 0.3 is 0 Å². The summed E-state index contributed by atoms with van der Waals surface area (Å²) < 4.78 is 11.2. The second-order valence-corrected chi connectivity index (χ2v) is 6.41. The van der Waals surface area contributed by atoms with Gasteiger partial charge in [-0.1, -0.05) is 30.3 Å². The summed E-state index contributed by atoms with van der Waals surface area (Å²) in [7, 11) is 3.51. The van der Waals surface area contributed by atoms with Crippen LogP contribution in [0.15, 0.2) is 59.6 Å². The molecule has 0 aliphatic carbocycles. The first kappa shape index (κ1) is 18.9. The van der Waals surface area contributed by atoms with Crippen molar-refractivity contribution in [2.24, 2.45) is 4.99 Å². The van der Waals surface area contributed by atoms with E-state index in [4.69, 9.17) is 9.47 Å². The fraction of sp³-hybridized carbons (Fsp3) is 0.381. The highest BCUT2D eigenvalue weighted by atomic mass is 16.5. The lowest BCUT2D eigenvalue weighted by atomic mass is 10.2. The first-order valence-electron chi connectivity index (χ1n) is 9.33. The summed E-state index contributed by atoms with van der Waals surface area (Å²) in [5.41, 5.74) is 1.14. The quantitative estimate of drug-likeness (QED) is 0.447. The van der Waals surface area contributed by atoms with Gasteiger partial charge in [0.25, 0.3) is 0 Å². The molecule has 1 fully saturated rings. The highest BCUT2D eigenvalue weighted by Crippen LogP contribution is 2.30. The summed E-state index contributed by atoms with van der Waals surface area (Å²) in [6, 6.07) is 18.3. The summed E-state index contributed by atoms with van der Waals surface area (Å²) in [6.45, 7) is 3.19. The van der Waals surface area contributed by atoms with E-state index in [0.717, 1.165) is 42.7 Å². The molecule has 2 aromatic rings. The third-order valence-corrected chi connectivity index (χ3v) is 4.59. The highest BCUT2D eigenvalue weighted by molar-refractivity contribution is 5.80. The number of hydrogen-bond donors (Lipinski definition) is 2. The molecule has 6 nitrogen and oxygen atoms in total. The van der Waals surface area contributed by atoms with Crippen LogP contribution in [-0.2, 0) is 0 Å². The molecule has 0 bridgehead atoms. The SMILES string of the molecule is CN=C(NCCOc1ccccc1)NC1CCN(c2ccccc2OC)C1. The molecule has 1 heterocycles. The van der Waals surface area contributed by atoms with Crippen molar-refractivity contribution in [3.05, 3.63) is 54.6 Å². The van der Waals surface area contributed by atoms with Gasteiger partial charge in [0.15, 0.2) is 5.96 Å². The molecule has 2 N–H and O–H groups in total. The zero-order valence-corrected chi connectivity index (χ0v) is 16.0. The lowest BCUT2D eigenvalue weighted by molar-refractivity contribution is 0.321. The van der Waals surface area contributed by atoms with Crippen molar-refractivity contribution < 1.29 is 9.47 Å². The molecular weight excluding hydrogens is 340 g/mol. The number of nitrogens with one attached hydrogen (secondary N) is 2. The van der Waals surface area contributed by atoms with E-state index in [1.54, 1.807) is 14.2 Å². The van der Waals surface area contributed by atoms with E-state index >= 15 is 0 Å². The molecule has 1 aliphatic heterocycles. The Hall–Kier alpha value is -2.89. The van der Waals surface area contributed by atoms with Crippen LogP contribution in [0.3, 0.4) is 0 Å². The molecule has 0 saturated carbocycles. The van der Waals surface area contributed by atoms with Gasteiger partial charge in [-0.2, -0.15) is 0 Å². The van der Waals surface area contributed by atoms with Crippen LogP contribution in [0, 0.1) is 0 Å². The Labute approximate surface area is 161 Å². The second kappa shape index (κ2) is 9.71. The summed E-state index contributed by atoms with van der Waals surface area (Å²) in [5.74, 6) is 2.60. The number of para-hydroxylation sites is 3. The summed E-state index contributed by atoms with van der Waals surface area (Å²) in [5, 5.41) is 6.82. The Balaban J connectivity index is 1.44. The summed E-state index contributed by atoms with van der Waals surface area (Å²) >= 11 is 0. The van der Waals surface area contributed by atoms with Gasteiger partial charge in [-0.3, -0.25) is 4.99 Å². The number of benzene rings is 2. The number of anilines is 1. The number of rotatable bonds is 7. The van der Waals surface area contributed by atoms with Crippen molar-refractivity contribution in [1.29, 1.82) is 0 Å². The molecule has 1 unspecified atom stereocenters. The molecule has 0 aromatic heterocycles. The first-order valence-corrected chi connectivity index (χ1v) is 9.33. The first-order chi connectivity index (χ1) is 13.3. The lowest BCUT2D eigenvalue weighted by Crippen LogP contribution is -2.45. The van der Waals surface area contributed by atoms with Crippen molar-refractivity contribution in [3.8, 4) is 11.5 Å². The van der Waals surface area contributed by atoms with Crippen LogP contribution in [0.1, 0.15) is 6.42 Å². The normalized spacial score (nSPS) is 16.9. The van der Waals surface area contributed by atoms with Crippen molar-refractivity contribution >= 4 is 11.6 Å². The Kier molecular flexibility index (Phi) is 6.79. The van der Waals surface area contributed by atoms with Crippen molar-refractivity contribution in [2.45, 2.75) is 12.5 Å². The van der Waals surface area contributed by atoms with Crippen LogP contribution >= 0.6 is 0 Å². The second-order valence-electron chi connectivity index (χ2n) is 6.41. The van der Waals surface area contributed by atoms with Crippen LogP contribution in [0.5, 0.6) is 11.5 Å². The third kappa shape index (κ3) is 5.29. The standard InChI is InChI=1S/C21H28N4O2/c1-22-21(23-13-15-27-18-8-4-3-5-9-18)24-17-12-14-25(16-17)19-10-6-7-11-20(19)26-2/h3-11,17H,12-16H2,1-2H3,(H2,22,23,24). The maximum atomic E-state index is 5.70. The number of hydrogen-bond acceptors (Lipinski definition) is 4. The number of aliphatic imine (C=N–C) groups is 1. The molecule has 27 heavy (non-hydrogen) atoms. The minimum Gasteiger partial charge on any atom is -0.495 e. The van der Waals surface area contributed by atoms with Crippen LogP contribution in [0.4, 0.5) is 5.69 Å². The molecule has 1 aliphatic rings. The number of guanidine groups is 1. The molecule has 0 radical (unpaired) electrons. The molecule has 6 heteroatoms. The van der Waals surface area contributed by atoms with Gasteiger partial charge in [-0.15, -0.1) is 0 Å². The van der Waals surface area contributed by atoms with Crippen LogP contribution in [-0.4, -0.2) is 52.4 Å². The average molecular weight is 368 g/mol. The van der Waals surface area contributed by atoms with Gasteiger partial charge in [0.05, 0.1) is 19.3 Å². The monoisotopic (exact) mass is 368 g/mol. The number of ether oxygens (including phenoxy) is 2. The maximum absolute atomic E-state index is 5.70. The summed E-state index contributed by atoms with van der Waals surface area (Å²) in [4.78, 5) is 6.67. The van der Waals surface area contributed by atoms with E-state index in [0.29, 0.717) is 19.2 Å². The van der Waals surface area contributed by atoms with E-state index in [9.17, 15) is 0 Å². The number of nitrogens with zero attached hydrogens (tertiary/aromatic N) is 2. The van der Waals surface area contributed by atoms with Crippen molar-refractivity contribution in [3.63, 3.8) is 0 Å². The van der Waals surface area contributed by atoms with Gasteiger partial charge in [0.2, 0.25) is 0 Å². The smallest absolute Gasteiger partial charge is 0.191 e. The zero-order chi connectivity index (χ0) is 18.9. The van der Waals surface area contributed by atoms with E-state index in [2.05, 4.69) is 26.6 Å². The molecule has 1 saturated heterocycles. The van der Waals surface area contributed by atoms with Crippen molar-refractivity contribution in [2.75, 3.05) is 45.3 Å². The third-order valence-electron chi connectivity index (χ3n) is 4.59. The molecule has 0 spiro atoms. The fourth-order valence-corrected chi connectivity index (χ4v) is 3.23. The molecule has 0 amide bonds. The largest absolute Gasteiger partial charge is 0.495 e. The minimum absolute atomic E-state index is 0.344. The van der Waals surface area contributed by atoms with E-state index in [1.807, 2.05) is 48.5 Å². The lowest BCUT2D eigenvalue weighted by Gasteiger charge is -2.22. The van der Waals surface area contributed by atoms with Crippen molar-refractivity contribution in [1.82, 2.24) is 10.6 Å². The topological polar surface area (TPSA) is 58.1 Å². The highest BCUT2D eigenvalue weighted by Gasteiger charge is 2.25. The Bertz CT molecular complexity index is 736. The molecular formula is C21H28N4O2. The van der Waals surface area contributed by atoms with Gasteiger partial charge in [0, 0.05) is 26.2 Å². The maximum Gasteiger partial charge on any atom is 0.191 e. The molecule has 144 valence electrons. The van der Waals surface area contributed by atoms with E-state index in [-0.39, 0.29) is 0 Å². The van der Waals surface area contributed by atoms with Crippen LogP contribution < -0.4 is 25.0 Å². The van der Waals surface area contributed by atoms with Crippen LogP contribution in [0.2, 0.25) is 0 Å². The Morgan fingerprint density at radius 1 is 1.15 bits per heavy atom. The van der Waals surface area contributed by atoms with Gasteiger partial charge < -0.3 is 25.0 Å². The number of methoxy groups -OCH3 is 1. The summed E-state index contributed by atoms with van der Waals surface area (Å²) in [6.07, 6.45) is 1.05. The van der Waals surface area contributed by atoms with Gasteiger partial charge in [0.1, 0.15) is 18.1 Å². The minimum atomic E-state index is 0.344.